The highest BCUT2D eigenvalue weighted by Crippen LogP contribution is 2.14. The zero-order valence-corrected chi connectivity index (χ0v) is 22.0. The third kappa shape index (κ3) is 9.58. The molecule has 0 bridgehead atoms. The van der Waals surface area contributed by atoms with E-state index in [0.29, 0.717) is 11.1 Å². The highest BCUT2D eigenvalue weighted by atomic mass is 16.4. The molecular weight excluding hydrogens is 508 g/mol. The van der Waals surface area contributed by atoms with Gasteiger partial charge in [-0.05, 0) is 48.2 Å². The van der Waals surface area contributed by atoms with E-state index in [9.17, 15) is 39.6 Å². The maximum absolute atomic E-state index is 13.4. The van der Waals surface area contributed by atoms with E-state index in [0.717, 1.165) is 0 Å². The Morgan fingerprint density at radius 2 is 1.10 bits per heavy atom. The number of amides is 3. The molecule has 0 aliphatic heterocycles. The van der Waals surface area contributed by atoms with Crippen molar-refractivity contribution in [2.24, 2.45) is 11.7 Å². The van der Waals surface area contributed by atoms with Gasteiger partial charge in [-0.2, -0.15) is 0 Å². The molecule has 5 unspecified atom stereocenters. The normalized spacial score (nSPS) is 14.9. The number of nitrogens with one attached hydrogen (secondary N) is 3. The van der Waals surface area contributed by atoms with Crippen LogP contribution in [0, 0.1) is 5.92 Å². The Morgan fingerprint density at radius 3 is 1.46 bits per heavy atom. The van der Waals surface area contributed by atoms with Gasteiger partial charge >= 0.3 is 5.97 Å². The van der Waals surface area contributed by atoms with E-state index in [-0.39, 0.29) is 24.3 Å². The van der Waals surface area contributed by atoms with Gasteiger partial charge in [0.15, 0.2) is 0 Å². The second-order valence-electron chi connectivity index (χ2n) is 9.70. The third-order valence-electron chi connectivity index (χ3n) is 6.07. The lowest BCUT2D eigenvalue weighted by Crippen LogP contribution is -2.59. The van der Waals surface area contributed by atoms with Crippen molar-refractivity contribution in [3.05, 3.63) is 59.7 Å². The number of carboxylic acid groups (broad SMARTS) is 1. The van der Waals surface area contributed by atoms with Crippen molar-refractivity contribution in [2.45, 2.75) is 63.9 Å². The van der Waals surface area contributed by atoms with Crippen molar-refractivity contribution in [1.29, 1.82) is 0 Å². The summed E-state index contributed by atoms with van der Waals surface area (Å²) in [5.74, 6) is -3.99. The van der Waals surface area contributed by atoms with Crippen molar-refractivity contribution in [1.82, 2.24) is 16.0 Å². The lowest BCUT2D eigenvalue weighted by atomic mass is 10.00. The molecule has 0 aliphatic carbocycles. The molecule has 3 amide bonds. The minimum atomic E-state index is -1.32. The molecular formula is C27H36N4O8. The predicted molar refractivity (Wildman–Crippen MR) is 142 cm³/mol. The average Bonchev–Trinajstić information content (AvgIpc) is 2.87. The first kappa shape index (κ1) is 31.1. The molecule has 0 aliphatic rings. The van der Waals surface area contributed by atoms with Gasteiger partial charge < -0.3 is 42.1 Å². The summed E-state index contributed by atoms with van der Waals surface area (Å²) < 4.78 is 0. The van der Waals surface area contributed by atoms with Crippen LogP contribution >= 0.6 is 0 Å². The van der Waals surface area contributed by atoms with Crippen LogP contribution in [0.2, 0.25) is 0 Å². The highest BCUT2D eigenvalue weighted by Gasteiger charge is 2.32. The molecule has 0 heterocycles. The van der Waals surface area contributed by atoms with Crippen LogP contribution in [-0.2, 0) is 32.0 Å². The summed E-state index contributed by atoms with van der Waals surface area (Å²) in [7, 11) is 0. The smallest absolute Gasteiger partial charge is 0.326 e. The zero-order chi connectivity index (χ0) is 29.3. The van der Waals surface area contributed by atoms with Crippen molar-refractivity contribution >= 4 is 23.7 Å². The standard InChI is InChI=1S/C27H36N4O8/c1-14(2)23(27(38)39)31-25(36)21(13-17-6-10-19(34)11-7-17)29-24(35)20(30-26(37)22(28)15(3)32)12-16-4-8-18(33)9-5-16/h4-11,14-15,20-23,32-34H,12-13,28H2,1-3H3,(H,29,35)(H,30,37)(H,31,36)(H,38,39). The SMILES string of the molecule is CC(C)C(NC(=O)C(Cc1ccc(O)cc1)NC(=O)C(Cc1ccc(O)cc1)NC(=O)C(N)C(C)O)C(=O)O. The van der Waals surface area contributed by atoms with Crippen LogP contribution in [0.4, 0.5) is 0 Å². The van der Waals surface area contributed by atoms with Crippen molar-refractivity contribution < 1.29 is 39.6 Å². The Bertz CT molecular complexity index is 1140. The van der Waals surface area contributed by atoms with Crippen LogP contribution in [0.5, 0.6) is 11.5 Å². The average molecular weight is 545 g/mol. The maximum atomic E-state index is 13.4. The molecule has 12 heteroatoms. The van der Waals surface area contributed by atoms with Gasteiger partial charge in [0, 0.05) is 12.8 Å². The van der Waals surface area contributed by atoms with Crippen LogP contribution in [0.1, 0.15) is 31.9 Å². The molecule has 2 aromatic carbocycles. The third-order valence-corrected chi connectivity index (χ3v) is 6.07. The molecule has 0 radical (unpaired) electrons. The number of phenolic OH excluding ortho intramolecular Hbond substituents is 2. The highest BCUT2D eigenvalue weighted by molar-refractivity contribution is 5.94. The molecule has 0 fully saturated rings. The quantitative estimate of drug-likeness (QED) is 0.167. The lowest BCUT2D eigenvalue weighted by Gasteiger charge is -2.26. The first-order valence-corrected chi connectivity index (χ1v) is 12.4. The summed E-state index contributed by atoms with van der Waals surface area (Å²) >= 11 is 0. The maximum Gasteiger partial charge on any atom is 0.326 e. The van der Waals surface area contributed by atoms with E-state index in [1.165, 1.54) is 31.2 Å². The molecule has 12 nitrogen and oxygen atoms in total. The molecule has 0 spiro atoms. The molecule has 0 aromatic heterocycles. The number of hydrogen-bond acceptors (Lipinski definition) is 8. The van der Waals surface area contributed by atoms with E-state index in [1.807, 2.05) is 0 Å². The van der Waals surface area contributed by atoms with Gasteiger partial charge in [0.1, 0.15) is 35.7 Å². The first-order valence-electron chi connectivity index (χ1n) is 12.4. The molecule has 9 N–H and O–H groups in total. The first-order chi connectivity index (χ1) is 18.3. The van der Waals surface area contributed by atoms with Gasteiger partial charge in [0.05, 0.1) is 6.10 Å². The second-order valence-corrected chi connectivity index (χ2v) is 9.70. The number of hydrogen-bond donors (Lipinski definition) is 8. The number of aliphatic hydroxyl groups excluding tert-OH is 1. The monoisotopic (exact) mass is 544 g/mol. The number of aliphatic carboxylic acids is 1. The van der Waals surface area contributed by atoms with Crippen LogP contribution < -0.4 is 21.7 Å². The number of benzene rings is 2. The minimum absolute atomic E-state index is 0.000612. The molecule has 0 saturated carbocycles. The molecule has 2 rings (SSSR count). The Kier molecular flexibility index (Phi) is 11.2. The Balaban J connectivity index is 2.35. The van der Waals surface area contributed by atoms with Gasteiger partial charge in [-0.25, -0.2) is 4.79 Å². The van der Waals surface area contributed by atoms with Gasteiger partial charge in [-0.15, -0.1) is 0 Å². The van der Waals surface area contributed by atoms with Crippen molar-refractivity contribution in [3.8, 4) is 11.5 Å². The van der Waals surface area contributed by atoms with E-state index in [4.69, 9.17) is 5.73 Å². The molecule has 0 saturated heterocycles. The number of rotatable bonds is 13. The molecule has 212 valence electrons. The van der Waals surface area contributed by atoms with Gasteiger partial charge in [0.2, 0.25) is 17.7 Å². The largest absolute Gasteiger partial charge is 0.508 e. The number of phenols is 2. The number of nitrogens with two attached hydrogens (primary N) is 1. The van der Waals surface area contributed by atoms with Gasteiger partial charge in [0.25, 0.3) is 0 Å². The van der Waals surface area contributed by atoms with Crippen LogP contribution in [-0.4, -0.2) is 74.4 Å². The second kappa shape index (κ2) is 14.1. The molecule has 5 atom stereocenters. The Morgan fingerprint density at radius 1 is 0.718 bits per heavy atom. The Labute approximate surface area is 226 Å². The van der Waals surface area contributed by atoms with E-state index in [1.54, 1.807) is 38.1 Å². The number of carboxylic acids is 1. The topological polar surface area (TPSA) is 211 Å². The molecule has 2 aromatic rings. The Hall–Kier alpha value is -4.16. The summed E-state index contributed by atoms with van der Waals surface area (Å²) in [4.78, 5) is 50.9. The van der Waals surface area contributed by atoms with E-state index >= 15 is 0 Å². The minimum Gasteiger partial charge on any atom is -0.508 e. The number of aliphatic hydroxyl groups is 1. The van der Waals surface area contributed by atoms with Gasteiger partial charge in [-0.3, -0.25) is 14.4 Å². The van der Waals surface area contributed by atoms with Crippen LogP contribution in [0.3, 0.4) is 0 Å². The van der Waals surface area contributed by atoms with Crippen molar-refractivity contribution in [2.75, 3.05) is 0 Å². The summed E-state index contributed by atoms with van der Waals surface area (Å²) in [5.41, 5.74) is 6.87. The van der Waals surface area contributed by atoms with E-state index < -0.39 is 59.9 Å². The predicted octanol–water partition coefficient (Wildman–Crippen LogP) is -0.214. The zero-order valence-electron chi connectivity index (χ0n) is 22.0. The van der Waals surface area contributed by atoms with Crippen LogP contribution in [0.15, 0.2) is 48.5 Å². The number of carbonyl (C=O) groups is 4. The number of carbonyl (C=O) groups excluding carboxylic acids is 3. The van der Waals surface area contributed by atoms with Crippen LogP contribution in [0.25, 0.3) is 0 Å². The lowest BCUT2D eigenvalue weighted by molar-refractivity contribution is -0.143. The number of aromatic hydroxyl groups is 2. The fraction of sp³-hybridized carbons (Fsp3) is 0.407. The fourth-order valence-corrected chi connectivity index (χ4v) is 3.68. The summed E-state index contributed by atoms with van der Waals surface area (Å²) in [6.07, 6.45) is -1.28. The summed E-state index contributed by atoms with van der Waals surface area (Å²) in [6.45, 7) is 4.58. The molecule has 39 heavy (non-hydrogen) atoms. The van der Waals surface area contributed by atoms with Crippen molar-refractivity contribution in [3.63, 3.8) is 0 Å². The van der Waals surface area contributed by atoms with Gasteiger partial charge in [-0.1, -0.05) is 38.1 Å². The van der Waals surface area contributed by atoms with E-state index in [2.05, 4.69) is 16.0 Å². The fourth-order valence-electron chi connectivity index (χ4n) is 3.68. The summed E-state index contributed by atoms with van der Waals surface area (Å²) in [5, 5.41) is 45.9. The summed E-state index contributed by atoms with van der Waals surface area (Å²) in [6, 6.07) is 6.83.